The normalized spacial score (nSPS) is 13.6. The zero-order valence-corrected chi connectivity index (χ0v) is 10.9. The number of rotatable bonds is 4. The molecule has 0 aliphatic rings. The van der Waals surface area contributed by atoms with Gasteiger partial charge in [-0.2, -0.15) is 0 Å². The van der Waals surface area contributed by atoms with E-state index in [0.717, 1.165) is 12.1 Å². The van der Waals surface area contributed by atoms with Gasteiger partial charge in [-0.3, -0.25) is 0 Å². The molecule has 1 heterocycles. The lowest BCUT2D eigenvalue weighted by molar-refractivity contribution is 0.283. The second kappa shape index (κ2) is 5.30. The summed E-state index contributed by atoms with van der Waals surface area (Å²) in [6, 6.07) is 4.41. The third-order valence-electron chi connectivity index (χ3n) is 2.94. The Morgan fingerprint density at radius 3 is 2.69 bits per heavy atom. The SMILES string of the molecule is COc1ncccc1CNC(C)C(C)(C)C. The van der Waals surface area contributed by atoms with Crippen LogP contribution in [0.5, 0.6) is 5.88 Å². The molecular weight excluding hydrogens is 200 g/mol. The van der Waals surface area contributed by atoms with Gasteiger partial charge in [0.25, 0.3) is 0 Å². The van der Waals surface area contributed by atoms with Crippen molar-refractivity contribution in [1.29, 1.82) is 0 Å². The average Bonchev–Trinajstić information content (AvgIpc) is 2.24. The maximum atomic E-state index is 5.21. The summed E-state index contributed by atoms with van der Waals surface area (Å²) in [5.74, 6) is 0.705. The van der Waals surface area contributed by atoms with Crippen LogP contribution in [0.2, 0.25) is 0 Å². The molecule has 1 unspecified atom stereocenters. The van der Waals surface area contributed by atoms with Gasteiger partial charge in [-0.05, 0) is 18.4 Å². The molecule has 0 aliphatic carbocycles. The van der Waals surface area contributed by atoms with Crippen LogP contribution in [0.15, 0.2) is 18.3 Å². The fourth-order valence-corrected chi connectivity index (χ4v) is 1.31. The van der Waals surface area contributed by atoms with Crippen LogP contribution in [0.25, 0.3) is 0 Å². The van der Waals surface area contributed by atoms with E-state index >= 15 is 0 Å². The Morgan fingerprint density at radius 2 is 2.12 bits per heavy atom. The second-order valence-corrected chi connectivity index (χ2v) is 5.14. The van der Waals surface area contributed by atoms with Crippen LogP contribution in [0.1, 0.15) is 33.3 Å². The van der Waals surface area contributed by atoms with E-state index in [1.54, 1.807) is 13.3 Å². The highest BCUT2D eigenvalue weighted by Crippen LogP contribution is 2.20. The van der Waals surface area contributed by atoms with E-state index in [9.17, 15) is 0 Å². The lowest BCUT2D eigenvalue weighted by Gasteiger charge is -2.28. The molecule has 1 N–H and O–H groups in total. The predicted molar refractivity (Wildman–Crippen MR) is 66.5 cm³/mol. The van der Waals surface area contributed by atoms with E-state index in [0.29, 0.717) is 11.9 Å². The molecule has 0 amide bonds. The van der Waals surface area contributed by atoms with Crippen molar-refractivity contribution in [2.24, 2.45) is 5.41 Å². The Hall–Kier alpha value is -1.09. The molecule has 0 aliphatic heterocycles. The van der Waals surface area contributed by atoms with Crippen LogP contribution < -0.4 is 10.1 Å². The van der Waals surface area contributed by atoms with E-state index < -0.39 is 0 Å². The van der Waals surface area contributed by atoms with Gasteiger partial charge < -0.3 is 10.1 Å². The van der Waals surface area contributed by atoms with Crippen LogP contribution in [-0.4, -0.2) is 18.1 Å². The quantitative estimate of drug-likeness (QED) is 0.850. The molecule has 3 heteroatoms. The van der Waals surface area contributed by atoms with Gasteiger partial charge in [0.05, 0.1) is 7.11 Å². The van der Waals surface area contributed by atoms with Crippen molar-refractivity contribution in [2.75, 3.05) is 7.11 Å². The van der Waals surface area contributed by atoms with Gasteiger partial charge in [-0.15, -0.1) is 0 Å². The molecule has 0 spiro atoms. The highest BCUT2D eigenvalue weighted by atomic mass is 16.5. The fraction of sp³-hybridized carbons (Fsp3) is 0.615. The molecule has 0 bridgehead atoms. The molecule has 1 aromatic heterocycles. The summed E-state index contributed by atoms with van der Waals surface area (Å²) in [6.45, 7) is 9.67. The molecular formula is C13H22N2O. The molecule has 1 aromatic rings. The number of methoxy groups -OCH3 is 1. The Kier molecular flexibility index (Phi) is 4.30. The van der Waals surface area contributed by atoms with Gasteiger partial charge in [0.2, 0.25) is 5.88 Å². The van der Waals surface area contributed by atoms with Crippen molar-refractivity contribution >= 4 is 0 Å². The van der Waals surface area contributed by atoms with Gasteiger partial charge in [0.15, 0.2) is 0 Å². The minimum Gasteiger partial charge on any atom is -0.481 e. The average molecular weight is 222 g/mol. The number of hydrogen-bond donors (Lipinski definition) is 1. The first-order valence-electron chi connectivity index (χ1n) is 5.66. The van der Waals surface area contributed by atoms with Gasteiger partial charge in [0.1, 0.15) is 0 Å². The standard InChI is InChI=1S/C13H22N2O/c1-10(13(2,3)4)15-9-11-7-6-8-14-12(11)16-5/h6-8,10,15H,9H2,1-5H3. The van der Waals surface area contributed by atoms with E-state index in [2.05, 4.69) is 38.0 Å². The Balaban J connectivity index is 2.61. The highest BCUT2D eigenvalue weighted by molar-refractivity contribution is 5.25. The van der Waals surface area contributed by atoms with Crippen molar-refractivity contribution in [2.45, 2.75) is 40.3 Å². The number of aromatic nitrogens is 1. The van der Waals surface area contributed by atoms with Crippen LogP contribution in [-0.2, 0) is 6.54 Å². The molecule has 1 rings (SSSR count). The van der Waals surface area contributed by atoms with Crippen LogP contribution >= 0.6 is 0 Å². The second-order valence-electron chi connectivity index (χ2n) is 5.14. The third-order valence-corrected chi connectivity index (χ3v) is 2.94. The number of ether oxygens (including phenoxy) is 1. The number of nitrogens with zero attached hydrogens (tertiary/aromatic N) is 1. The zero-order valence-electron chi connectivity index (χ0n) is 10.9. The van der Waals surface area contributed by atoms with Crippen molar-refractivity contribution in [1.82, 2.24) is 10.3 Å². The van der Waals surface area contributed by atoms with Crippen molar-refractivity contribution in [3.05, 3.63) is 23.9 Å². The number of hydrogen-bond acceptors (Lipinski definition) is 3. The Labute approximate surface area is 98.2 Å². The highest BCUT2D eigenvalue weighted by Gasteiger charge is 2.19. The molecule has 90 valence electrons. The number of nitrogens with one attached hydrogen (secondary N) is 1. The van der Waals surface area contributed by atoms with E-state index in [1.807, 2.05) is 12.1 Å². The van der Waals surface area contributed by atoms with Crippen molar-refractivity contribution in [3.63, 3.8) is 0 Å². The molecule has 16 heavy (non-hydrogen) atoms. The van der Waals surface area contributed by atoms with Crippen LogP contribution in [0.3, 0.4) is 0 Å². The topological polar surface area (TPSA) is 34.1 Å². The lowest BCUT2D eigenvalue weighted by Crippen LogP contribution is -2.37. The molecule has 0 saturated heterocycles. The summed E-state index contributed by atoms with van der Waals surface area (Å²) in [5, 5.41) is 3.49. The molecule has 1 atom stereocenters. The minimum atomic E-state index is 0.259. The van der Waals surface area contributed by atoms with E-state index in [-0.39, 0.29) is 5.41 Å². The fourth-order valence-electron chi connectivity index (χ4n) is 1.31. The molecule has 3 nitrogen and oxygen atoms in total. The van der Waals surface area contributed by atoms with Gasteiger partial charge in [0, 0.05) is 24.3 Å². The van der Waals surface area contributed by atoms with Gasteiger partial charge in [-0.25, -0.2) is 4.98 Å². The summed E-state index contributed by atoms with van der Waals surface area (Å²) in [5.41, 5.74) is 1.36. The molecule has 0 fully saturated rings. The smallest absolute Gasteiger partial charge is 0.217 e. The summed E-state index contributed by atoms with van der Waals surface area (Å²) < 4.78 is 5.21. The molecule has 0 radical (unpaired) electrons. The summed E-state index contributed by atoms with van der Waals surface area (Å²) in [4.78, 5) is 4.18. The van der Waals surface area contributed by atoms with Crippen LogP contribution in [0, 0.1) is 5.41 Å². The largest absolute Gasteiger partial charge is 0.481 e. The first-order valence-corrected chi connectivity index (χ1v) is 5.66. The van der Waals surface area contributed by atoms with Crippen molar-refractivity contribution < 1.29 is 4.74 Å². The predicted octanol–water partition coefficient (Wildman–Crippen LogP) is 2.61. The minimum absolute atomic E-state index is 0.259. The molecule has 0 aromatic carbocycles. The van der Waals surface area contributed by atoms with E-state index in [4.69, 9.17) is 4.74 Å². The Bertz CT molecular complexity index is 331. The van der Waals surface area contributed by atoms with Gasteiger partial charge in [-0.1, -0.05) is 26.8 Å². The van der Waals surface area contributed by atoms with Gasteiger partial charge >= 0.3 is 0 Å². The first kappa shape index (κ1) is 13.0. The molecule has 0 saturated carbocycles. The Morgan fingerprint density at radius 1 is 1.44 bits per heavy atom. The summed E-state index contributed by atoms with van der Waals surface area (Å²) >= 11 is 0. The summed E-state index contributed by atoms with van der Waals surface area (Å²) in [7, 11) is 1.65. The maximum absolute atomic E-state index is 5.21. The third kappa shape index (κ3) is 3.49. The maximum Gasteiger partial charge on any atom is 0.217 e. The monoisotopic (exact) mass is 222 g/mol. The zero-order chi connectivity index (χ0) is 12.2. The van der Waals surface area contributed by atoms with Crippen molar-refractivity contribution in [3.8, 4) is 5.88 Å². The summed E-state index contributed by atoms with van der Waals surface area (Å²) in [6.07, 6.45) is 1.75. The van der Waals surface area contributed by atoms with Crippen LogP contribution in [0.4, 0.5) is 0 Å². The lowest BCUT2D eigenvalue weighted by atomic mass is 9.88. The first-order chi connectivity index (χ1) is 7.45. The number of pyridine rings is 1. The van der Waals surface area contributed by atoms with E-state index in [1.165, 1.54) is 0 Å².